The lowest BCUT2D eigenvalue weighted by Gasteiger charge is -2.17. The molecule has 1 aliphatic rings. The average molecular weight is 250 g/mol. The number of rotatable bonds is 4. The molecule has 5 nitrogen and oxygen atoms in total. The van der Waals surface area contributed by atoms with Gasteiger partial charge in [-0.15, -0.1) is 0 Å². The minimum absolute atomic E-state index is 0.0486. The molecular weight excluding hydrogens is 232 g/mol. The van der Waals surface area contributed by atoms with E-state index >= 15 is 0 Å². The van der Waals surface area contributed by atoms with E-state index in [1.165, 1.54) is 7.11 Å². The summed E-state index contributed by atoms with van der Waals surface area (Å²) in [5.41, 5.74) is 0. The number of ether oxygens (including phenoxy) is 2. The van der Waals surface area contributed by atoms with Crippen molar-refractivity contribution >= 4 is 11.8 Å². The van der Waals surface area contributed by atoms with Crippen LogP contribution in [0.25, 0.3) is 0 Å². The third kappa shape index (κ3) is 2.72. The fourth-order valence-electron chi connectivity index (χ4n) is 2.14. The van der Waals surface area contributed by atoms with E-state index in [2.05, 4.69) is 9.88 Å². The molecule has 1 aromatic heterocycles. The van der Waals surface area contributed by atoms with Gasteiger partial charge in [0.2, 0.25) is 5.88 Å². The first-order valence-electron chi connectivity index (χ1n) is 6.17. The SMILES string of the molecule is CCOc1cccc(N2CCC(C(=O)OC)C2)n1. The maximum absolute atomic E-state index is 11.5. The van der Waals surface area contributed by atoms with E-state index in [0.29, 0.717) is 19.0 Å². The van der Waals surface area contributed by atoms with Crippen molar-refractivity contribution in [1.82, 2.24) is 4.98 Å². The fourth-order valence-corrected chi connectivity index (χ4v) is 2.14. The molecule has 0 bridgehead atoms. The number of esters is 1. The maximum Gasteiger partial charge on any atom is 0.310 e. The van der Waals surface area contributed by atoms with Crippen molar-refractivity contribution in [2.45, 2.75) is 13.3 Å². The highest BCUT2D eigenvalue weighted by molar-refractivity contribution is 5.74. The van der Waals surface area contributed by atoms with Crippen molar-refractivity contribution in [1.29, 1.82) is 0 Å². The van der Waals surface area contributed by atoms with Crippen LogP contribution in [0.2, 0.25) is 0 Å². The Labute approximate surface area is 107 Å². The van der Waals surface area contributed by atoms with Crippen LogP contribution in [0.4, 0.5) is 5.82 Å². The molecule has 0 saturated carbocycles. The fraction of sp³-hybridized carbons (Fsp3) is 0.538. The lowest BCUT2D eigenvalue weighted by Crippen LogP contribution is -2.24. The Balaban J connectivity index is 2.04. The van der Waals surface area contributed by atoms with Crippen LogP contribution in [0.3, 0.4) is 0 Å². The molecule has 1 saturated heterocycles. The molecule has 0 aliphatic carbocycles. The summed E-state index contributed by atoms with van der Waals surface area (Å²) in [6.45, 7) is 4.01. The summed E-state index contributed by atoms with van der Waals surface area (Å²) in [5, 5.41) is 0. The van der Waals surface area contributed by atoms with Crippen molar-refractivity contribution in [2.24, 2.45) is 5.92 Å². The zero-order valence-corrected chi connectivity index (χ0v) is 10.8. The molecule has 2 rings (SSSR count). The largest absolute Gasteiger partial charge is 0.478 e. The smallest absolute Gasteiger partial charge is 0.310 e. The molecule has 5 heteroatoms. The molecule has 0 radical (unpaired) electrons. The first kappa shape index (κ1) is 12.7. The predicted octanol–water partition coefficient (Wildman–Crippen LogP) is 1.48. The van der Waals surface area contributed by atoms with Gasteiger partial charge in [-0.2, -0.15) is 4.98 Å². The number of aromatic nitrogens is 1. The average Bonchev–Trinajstić information content (AvgIpc) is 2.88. The van der Waals surface area contributed by atoms with E-state index in [4.69, 9.17) is 9.47 Å². The Hall–Kier alpha value is -1.78. The monoisotopic (exact) mass is 250 g/mol. The Kier molecular flexibility index (Phi) is 4.02. The summed E-state index contributed by atoms with van der Waals surface area (Å²) < 4.78 is 10.1. The number of carbonyl (C=O) groups excluding carboxylic acids is 1. The van der Waals surface area contributed by atoms with Crippen molar-refractivity contribution in [3.8, 4) is 5.88 Å². The molecule has 1 fully saturated rings. The van der Waals surface area contributed by atoms with Crippen LogP contribution in [-0.4, -0.2) is 37.8 Å². The molecular formula is C13H18N2O3. The van der Waals surface area contributed by atoms with Crippen LogP contribution in [0.1, 0.15) is 13.3 Å². The van der Waals surface area contributed by atoms with Gasteiger partial charge in [0.25, 0.3) is 0 Å². The molecule has 1 atom stereocenters. The Morgan fingerprint density at radius 3 is 3.11 bits per heavy atom. The summed E-state index contributed by atoms with van der Waals surface area (Å²) in [6.07, 6.45) is 0.813. The van der Waals surface area contributed by atoms with Crippen molar-refractivity contribution in [2.75, 3.05) is 31.7 Å². The van der Waals surface area contributed by atoms with E-state index in [1.807, 2.05) is 25.1 Å². The lowest BCUT2D eigenvalue weighted by atomic mass is 10.1. The van der Waals surface area contributed by atoms with E-state index in [9.17, 15) is 4.79 Å². The molecule has 0 N–H and O–H groups in total. The molecule has 0 aromatic carbocycles. The molecule has 1 aliphatic heterocycles. The first-order valence-corrected chi connectivity index (χ1v) is 6.17. The highest BCUT2D eigenvalue weighted by Crippen LogP contribution is 2.24. The third-order valence-electron chi connectivity index (χ3n) is 3.05. The van der Waals surface area contributed by atoms with Crippen molar-refractivity contribution in [3.05, 3.63) is 18.2 Å². The second-order valence-corrected chi connectivity index (χ2v) is 4.22. The highest BCUT2D eigenvalue weighted by atomic mass is 16.5. The van der Waals surface area contributed by atoms with Gasteiger partial charge in [-0.3, -0.25) is 4.79 Å². The summed E-state index contributed by atoms with van der Waals surface area (Å²) in [7, 11) is 1.43. The van der Waals surface area contributed by atoms with Gasteiger partial charge < -0.3 is 14.4 Å². The molecule has 2 heterocycles. The Morgan fingerprint density at radius 2 is 2.39 bits per heavy atom. The van der Waals surface area contributed by atoms with Gasteiger partial charge in [-0.1, -0.05) is 6.07 Å². The van der Waals surface area contributed by atoms with Crippen molar-refractivity contribution in [3.63, 3.8) is 0 Å². The van der Waals surface area contributed by atoms with Crippen LogP contribution < -0.4 is 9.64 Å². The third-order valence-corrected chi connectivity index (χ3v) is 3.05. The van der Waals surface area contributed by atoms with Gasteiger partial charge in [0.1, 0.15) is 5.82 Å². The van der Waals surface area contributed by atoms with E-state index < -0.39 is 0 Å². The standard InChI is InChI=1S/C13H18N2O3/c1-3-18-12-6-4-5-11(14-12)15-8-7-10(9-15)13(16)17-2/h4-6,10H,3,7-9H2,1-2H3. The minimum Gasteiger partial charge on any atom is -0.478 e. The molecule has 1 aromatic rings. The molecule has 0 amide bonds. The number of hydrogen-bond acceptors (Lipinski definition) is 5. The zero-order chi connectivity index (χ0) is 13.0. The minimum atomic E-state index is -0.140. The van der Waals surface area contributed by atoms with E-state index in [-0.39, 0.29) is 11.9 Å². The quantitative estimate of drug-likeness (QED) is 0.758. The van der Waals surface area contributed by atoms with Gasteiger partial charge >= 0.3 is 5.97 Å². The van der Waals surface area contributed by atoms with E-state index in [1.54, 1.807) is 0 Å². The molecule has 18 heavy (non-hydrogen) atoms. The number of carbonyl (C=O) groups is 1. The van der Waals surface area contributed by atoms with Crippen molar-refractivity contribution < 1.29 is 14.3 Å². The van der Waals surface area contributed by atoms with Gasteiger partial charge in [0, 0.05) is 19.2 Å². The van der Waals surface area contributed by atoms with Gasteiger partial charge in [-0.25, -0.2) is 0 Å². The molecule has 1 unspecified atom stereocenters. The van der Waals surface area contributed by atoms with Crippen LogP contribution in [0, 0.1) is 5.92 Å². The number of hydrogen-bond donors (Lipinski definition) is 0. The Morgan fingerprint density at radius 1 is 1.56 bits per heavy atom. The number of methoxy groups -OCH3 is 1. The van der Waals surface area contributed by atoms with Gasteiger partial charge in [-0.05, 0) is 19.4 Å². The maximum atomic E-state index is 11.5. The van der Waals surface area contributed by atoms with Crippen LogP contribution in [0.15, 0.2) is 18.2 Å². The number of anilines is 1. The van der Waals surface area contributed by atoms with Gasteiger partial charge in [0.15, 0.2) is 0 Å². The van der Waals surface area contributed by atoms with Crippen LogP contribution in [-0.2, 0) is 9.53 Å². The summed E-state index contributed by atoms with van der Waals surface area (Å²) in [6, 6.07) is 5.68. The van der Waals surface area contributed by atoms with Crippen LogP contribution in [0.5, 0.6) is 5.88 Å². The second-order valence-electron chi connectivity index (χ2n) is 4.22. The second kappa shape index (κ2) is 5.71. The zero-order valence-electron chi connectivity index (χ0n) is 10.8. The number of pyridine rings is 1. The topological polar surface area (TPSA) is 51.7 Å². The molecule has 98 valence electrons. The van der Waals surface area contributed by atoms with Gasteiger partial charge in [0.05, 0.1) is 19.6 Å². The summed E-state index contributed by atoms with van der Waals surface area (Å²) in [5.74, 6) is 1.29. The van der Waals surface area contributed by atoms with E-state index in [0.717, 1.165) is 18.8 Å². The first-order chi connectivity index (χ1) is 8.74. The highest BCUT2D eigenvalue weighted by Gasteiger charge is 2.29. The van der Waals surface area contributed by atoms with Crippen LogP contribution >= 0.6 is 0 Å². The summed E-state index contributed by atoms with van der Waals surface area (Å²) >= 11 is 0. The Bertz CT molecular complexity index is 422. The number of nitrogens with zero attached hydrogens (tertiary/aromatic N) is 2. The predicted molar refractivity (Wildman–Crippen MR) is 67.7 cm³/mol. The summed E-state index contributed by atoms with van der Waals surface area (Å²) in [4.78, 5) is 18.0. The molecule has 0 spiro atoms. The normalized spacial score (nSPS) is 18.8. The lowest BCUT2D eigenvalue weighted by molar-refractivity contribution is -0.144.